The number of hydrogen-bond acceptors (Lipinski definition) is 4. The Bertz CT molecular complexity index is 972. The van der Waals surface area contributed by atoms with Crippen molar-refractivity contribution in [1.29, 1.82) is 0 Å². The molecule has 0 unspecified atom stereocenters. The van der Waals surface area contributed by atoms with Gasteiger partial charge in [-0.1, -0.05) is 35.3 Å². The molecule has 0 radical (unpaired) electrons. The van der Waals surface area contributed by atoms with Gasteiger partial charge in [-0.25, -0.2) is 9.69 Å². The van der Waals surface area contributed by atoms with Crippen LogP contribution < -0.4 is 15.0 Å². The summed E-state index contributed by atoms with van der Waals surface area (Å²) in [5.74, 6) is -1.15. The lowest BCUT2D eigenvalue weighted by Crippen LogP contribution is -2.54. The second kappa shape index (κ2) is 7.82. The fourth-order valence-corrected chi connectivity index (χ4v) is 2.98. The van der Waals surface area contributed by atoms with E-state index in [1.807, 2.05) is 6.92 Å². The predicted molar refractivity (Wildman–Crippen MR) is 103 cm³/mol. The van der Waals surface area contributed by atoms with Crippen LogP contribution in [0.1, 0.15) is 12.5 Å². The van der Waals surface area contributed by atoms with Gasteiger partial charge in [-0.3, -0.25) is 14.9 Å². The maximum atomic E-state index is 12.9. The van der Waals surface area contributed by atoms with Crippen molar-refractivity contribution in [3.63, 3.8) is 0 Å². The highest BCUT2D eigenvalue weighted by Gasteiger charge is 2.37. The Morgan fingerprint density at radius 1 is 1.11 bits per heavy atom. The fraction of sp³-hybridized carbons (Fsp3) is 0.105. The Balaban J connectivity index is 2.08. The number of carbonyl (C=O) groups excluding carboxylic acids is 3. The smallest absolute Gasteiger partial charge is 0.335 e. The molecule has 6 nitrogen and oxygen atoms in total. The van der Waals surface area contributed by atoms with Gasteiger partial charge in [0.1, 0.15) is 11.3 Å². The normalized spacial score (nSPS) is 15.9. The molecular weight excluding hydrogens is 391 g/mol. The van der Waals surface area contributed by atoms with Crippen molar-refractivity contribution < 1.29 is 19.1 Å². The van der Waals surface area contributed by atoms with Crippen LogP contribution in [0.2, 0.25) is 10.0 Å². The molecule has 1 aliphatic heterocycles. The van der Waals surface area contributed by atoms with Crippen LogP contribution in [0.25, 0.3) is 6.08 Å². The number of carbonyl (C=O) groups is 3. The zero-order valence-corrected chi connectivity index (χ0v) is 15.7. The third-order valence-corrected chi connectivity index (χ3v) is 4.32. The minimum atomic E-state index is -0.869. The fourth-order valence-electron chi connectivity index (χ4n) is 2.58. The Labute approximate surface area is 165 Å². The number of halogens is 2. The first-order valence-corrected chi connectivity index (χ1v) is 8.76. The number of urea groups is 1. The van der Waals surface area contributed by atoms with Gasteiger partial charge in [0.2, 0.25) is 0 Å². The standard InChI is InChI=1S/C19H14Cl2N2O4/c1-2-27-16-8-7-12(20)9-11(16)10-13-17(24)22-19(26)23(18(13)25)15-6-4-3-5-14(15)21/h3-10H,2H2,1H3,(H,22,24,26)/b13-10+. The van der Waals surface area contributed by atoms with Gasteiger partial charge in [0, 0.05) is 10.6 Å². The van der Waals surface area contributed by atoms with Crippen molar-refractivity contribution in [3.05, 3.63) is 63.6 Å². The zero-order valence-electron chi connectivity index (χ0n) is 14.2. The van der Waals surface area contributed by atoms with Crippen LogP contribution in [0.5, 0.6) is 5.75 Å². The number of ether oxygens (including phenoxy) is 1. The van der Waals surface area contributed by atoms with Gasteiger partial charge >= 0.3 is 6.03 Å². The van der Waals surface area contributed by atoms with Crippen molar-refractivity contribution in [1.82, 2.24) is 5.32 Å². The molecule has 1 heterocycles. The quantitative estimate of drug-likeness (QED) is 0.615. The molecule has 3 rings (SSSR count). The van der Waals surface area contributed by atoms with E-state index >= 15 is 0 Å². The first-order chi connectivity index (χ1) is 12.9. The highest BCUT2D eigenvalue weighted by molar-refractivity contribution is 6.42. The summed E-state index contributed by atoms with van der Waals surface area (Å²) in [4.78, 5) is 38.2. The first kappa shape index (κ1) is 18.9. The lowest BCUT2D eigenvalue weighted by molar-refractivity contribution is -0.122. The van der Waals surface area contributed by atoms with E-state index in [2.05, 4.69) is 5.32 Å². The molecule has 2 aromatic rings. The van der Waals surface area contributed by atoms with Crippen molar-refractivity contribution >= 4 is 52.8 Å². The van der Waals surface area contributed by atoms with Gasteiger partial charge in [-0.2, -0.15) is 0 Å². The van der Waals surface area contributed by atoms with E-state index in [9.17, 15) is 14.4 Å². The number of nitrogens with zero attached hydrogens (tertiary/aromatic N) is 1. The van der Waals surface area contributed by atoms with Crippen LogP contribution in [-0.4, -0.2) is 24.5 Å². The lowest BCUT2D eigenvalue weighted by atomic mass is 10.1. The minimum Gasteiger partial charge on any atom is -0.493 e. The summed E-state index contributed by atoms with van der Waals surface area (Å²) in [5, 5.41) is 2.76. The highest BCUT2D eigenvalue weighted by Crippen LogP contribution is 2.30. The summed E-state index contributed by atoms with van der Waals surface area (Å²) in [6, 6.07) is 10.3. The van der Waals surface area contributed by atoms with Crippen LogP contribution in [0, 0.1) is 0 Å². The minimum absolute atomic E-state index is 0.177. The maximum Gasteiger partial charge on any atom is 0.335 e. The Morgan fingerprint density at radius 2 is 1.85 bits per heavy atom. The number of rotatable bonds is 4. The molecule has 0 spiro atoms. The summed E-state index contributed by atoms with van der Waals surface area (Å²) in [6.07, 6.45) is 1.34. The van der Waals surface area contributed by atoms with E-state index in [4.69, 9.17) is 27.9 Å². The summed E-state index contributed by atoms with van der Waals surface area (Å²) < 4.78 is 5.51. The Hall–Kier alpha value is -2.83. The molecule has 27 heavy (non-hydrogen) atoms. The van der Waals surface area contributed by atoms with E-state index in [0.29, 0.717) is 22.9 Å². The number of para-hydroxylation sites is 1. The van der Waals surface area contributed by atoms with Crippen molar-refractivity contribution in [2.24, 2.45) is 0 Å². The van der Waals surface area contributed by atoms with Gasteiger partial charge < -0.3 is 4.74 Å². The molecule has 0 atom stereocenters. The molecule has 1 fully saturated rings. The third kappa shape index (κ3) is 3.82. The van der Waals surface area contributed by atoms with Gasteiger partial charge in [-0.15, -0.1) is 0 Å². The second-order valence-electron chi connectivity index (χ2n) is 5.52. The van der Waals surface area contributed by atoms with Crippen LogP contribution in [0.4, 0.5) is 10.5 Å². The molecular formula is C19H14Cl2N2O4. The monoisotopic (exact) mass is 404 g/mol. The van der Waals surface area contributed by atoms with Crippen LogP contribution >= 0.6 is 23.2 Å². The molecule has 0 aliphatic carbocycles. The van der Waals surface area contributed by atoms with Crippen molar-refractivity contribution in [2.45, 2.75) is 6.92 Å². The van der Waals surface area contributed by atoms with E-state index in [-0.39, 0.29) is 16.3 Å². The molecule has 0 aromatic heterocycles. The summed E-state index contributed by atoms with van der Waals surface area (Å²) in [7, 11) is 0. The predicted octanol–water partition coefficient (Wildman–Crippen LogP) is 4.06. The van der Waals surface area contributed by atoms with Crippen LogP contribution in [0.15, 0.2) is 48.0 Å². The third-order valence-electron chi connectivity index (χ3n) is 3.77. The van der Waals surface area contributed by atoms with Crippen molar-refractivity contribution in [3.8, 4) is 5.75 Å². The highest BCUT2D eigenvalue weighted by atomic mass is 35.5. The lowest BCUT2D eigenvalue weighted by Gasteiger charge is -2.27. The SMILES string of the molecule is CCOc1ccc(Cl)cc1/C=C1\C(=O)NC(=O)N(c2ccccc2Cl)C1=O. The van der Waals surface area contributed by atoms with E-state index in [1.165, 1.54) is 12.1 Å². The number of hydrogen-bond donors (Lipinski definition) is 1. The first-order valence-electron chi connectivity index (χ1n) is 8.00. The number of anilines is 1. The summed E-state index contributed by atoms with van der Waals surface area (Å²) in [5.41, 5.74) is 0.380. The Morgan fingerprint density at radius 3 is 2.56 bits per heavy atom. The molecule has 0 saturated carbocycles. The largest absolute Gasteiger partial charge is 0.493 e. The molecule has 1 saturated heterocycles. The summed E-state index contributed by atoms with van der Waals surface area (Å²) >= 11 is 12.1. The van der Waals surface area contributed by atoms with E-state index in [1.54, 1.807) is 36.4 Å². The van der Waals surface area contributed by atoms with Gasteiger partial charge in [0.15, 0.2) is 0 Å². The van der Waals surface area contributed by atoms with Crippen LogP contribution in [-0.2, 0) is 9.59 Å². The number of barbiturate groups is 1. The van der Waals surface area contributed by atoms with Crippen molar-refractivity contribution in [2.75, 3.05) is 11.5 Å². The molecule has 138 valence electrons. The number of benzene rings is 2. The average molecular weight is 405 g/mol. The number of imide groups is 2. The van der Waals surface area contributed by atoms with E-state index < -0.39 is 17.8 Å². The molecule has 8 heteroatoms. The van der Waals surface area contributed by atoms with E-state index in [0.717, 1.165) is 4.90 Å². The molecule has 4 amide bonds. The molecule has 0 bridgehead atoms. The molecule has 1 aliphatic rings. The summed E-state index contributed by atoms with van der Waals surface area (Å²) in [6.45, 7) is 2.20. The van der Waals surface area contributed by atoms with Gasteiger partial charge in [-0.05, 0) is 43.3 Å². The Kier molecular flexibility index (Phi) is 5.48. The zero-order chi connectivity index (χ0) is 19.6. The maximum absolute atomic E-state index is 12.9. The molecule has 1 N–H and O–H groups in total. The van der Waals surface area contributed by atoms with Crippen LogP contribution in [0.3, 0.4) is 0 Å². The van der Waals surface area contributed by atoms with Gasteiger partial charge in [0.25, 0.3) is 11.8 Å². The second-order valence-corrected chi connectivity index (χ2v) is 6.37. The average Bonchev–Trinajstić information content (AvgIpc) is 2.62. The number of nitrogens with one attached hydrogen (secondary N) is 1. The topological polar surface area (TPSA) is 75.7 Å². The number of amides is 4. The molecule has 2 aromatic carbocycles. The van der Waals surface area contributed by atoms with Gasteiger partial charge in [0.05, 0.1) is 17.3 Å².